The first-order chi connectivity index (χ1) is 20.8. The molecule has 1 aromatic heterocycles. The Labute approximate surface area is 244 Å². The normalized spacial score (nSPS) is 11.3. The van der Waals surface area contributed by atoms with E-state index in [4.69, 9.17) is 4.42 Å². The van der Waals surface area contributed by atoms with Crippen molar-refractivity contribution in [1.82, 2.24) is 0 Å². The van der Waals surface area contributed by atoms with E-state index in [1.807, 2.05) is 0 Å². The molecule has 0 aliphatic carbocycles. The van der Waals surface area contributed by atoms with Crippen LogP contribution in [0.4, 0.5) is 17.1 Å². The zero-order valence-corrected chi connectivity index (χ0v) is 22.9. The van der Waals surface area contributed by atoms with Crippen LogP contribution < -0.4 is 4.90 Å². The maximum atomic E-state index is 6.73. The summed E-state index contributed by atoms with van der Waals surface area (Å²) in [4.78, 5) is 2.32. The van der Waals surface area contributed by atoms with Gasteiger partial charge in [-0.25, -0.2) is 0 Å². The van der Waals surface area contributed by atoms with Crippen molar-refractivity contribution in [1.29, 1.82) is 0 Å². The molecule has 0 radical (unpaired) electrons. The summed E-state index contributed by atoms with van der Waals surface area (Å²) in [6.45, 7) is 0. The number of nitrogens with zero attached hydrogens (tertiary/aromatic N) is 1. The largest absolute Gasteiger partial charge is 0.454 e. The lowest BCUT2D eigenvalue weighted by molar-refractivity contribution is 0.669. The third kappa shape index (κ3) is 4.05. The third-order valence-electron chi connectivity index (χ3n) is 8.05. The Morgan fingerprint density at radius 1 is 0.429 bits per heavy atom. The Bertz CT molecular complexity index is 2180. The fourth-order valence-corrected chi connectivity index (χ4v) is 6.11. The van der Waals surface area contributed by atoms with Gasteiger partial charge in [-0.05, 0) is 63.9 Å². The standard InChI is InChI=1S/C40H27NO/c1-4-13-28(14-5-1)30-23-25-34-31(27-30)24-26-38-39(34)35-20-12-22-37(40(35)42-38)41(32-17-8-3-9-18-32)36-21-11-10-19-33(36)29-15-6-2-7-16-29/h1-27H. The van der Waals surface area contributed by atoms with Crippen LogP contribution in [-0.2, 0) is 0 Å². The van der Waals surface area contributed by atoms with Gasteiger partial charge in [0.25, 0.3) is 0 Å². The molecule has 0 N–H and O–H groups in total. The molecule has 0 aliphatic heterocycles. The van der Waals surface area contributed by atoms with E-state index in [1.165, 1.54) is 27.5 Å². The lowest BCUT2D eigenvalue weighted by Gasteiger charge is -2.27. The summed E-state index contributed by atoms with van der Waals surface area (Å²) in [5.74, 6) is 0. The molecule has 0 saturated carbocycles. The van der Waals surface area contributed by atoms with Gasteiger partial charge in [0, 0.05) is 22.0 Å². The minimum absolute atomic E-state index is 0.874. The van der Waals surface area contributed by atoms with Gasteiger partial charge in [0.05, 0.1) is 11.4 Å². The minimum Gasteiger partial charge on any atom is -0.454 e. The van der Waals surface area contributed by atoms with Gasteiger partial charge in [0.15, 0.2) is 5.58 Å². The fourth-order valence-electron chi connectivity index (χ4n) is 6.11. The van der Waals surface area contributed by atoms with Gasteiger partial charge in [0.2, 0.25) is 0 Å². The molecule has 0 amide bonds. The van der Waals surface area contributed by atoms with E-state index >= 15 is 0 Å². The number of furan rings is 1. The molecule has 2 heteroatoms. The van der Waals surface area contributed by atoms with E-state index in [1.54, 1.807) is 0 Å². The van der Waals surface area contributed by atoms with Crippen molar-refractivity contribution >= 4 is 49.8 Å². The molecule has 1 heterocycles. The average molecular weight is 538 g/mol. The topological polar surface area (TPSA) is 16.4 Å². The lowest BCUT2D eigenvalue weighted by atomic mass is 9.98. The SMILES string of the molecule is c1ccc(-c2ccc3c(ccc4oc5c(N(c6ccccc6)c6ccccc6-c6ccccc6)cccc5c43)c2)cc1. The van der Waals surface area contributed by atoms with Gasteiger partial charge < -0.3 is 9.32 Å². The monoisotopic (exact) mass is 537 g/mol. The van der Waals surface area contributed by atoms with Crippen LogP contribution in [0.25, 0.3) is 55.0 Å². The van der Waals surface area contributed by atoms with Crippen LogP contribution in [0.5, 0.6) is 0 Å². The van der Waals surface area contributed by atoms with E-state index in [9.17, 15) is 0 Å². The van der Waals surface area contributed by atoms with Gasteiger partial charge in [-0.15, -0.1) is 0 Å². The summed E-state index contributed by atoms with van der Waals surface area (Å²) in [6, 6.07) is 57.8. The van der Waals surface area contributed by atoms with Crippen LogP contribution in [0.15, 0.2) is 168 Å². The van der Waals surface area contributed by atoms with Crippen molar-refractivity contribution in [3.05, 3.63) is 164 Å². The van der Waals surface area contributed by atoms with Crippen molar-refractivity contribution in [3.8, 4) is 22.3 Å². The molecule has 7 aromatic carbocycles. The maximum Gasteiger partial charge on any atom is 0.159 e. The molecule has 0 unspecified atom stereocenters. The zero-order valence-electron chi connectivity index (χ0n) is 22.9. The second-order valence-electron chi connectivity index (χ2n) is 10.6. The number of anilines is 3. The Morgan fingerprint density at radius 2 is 1.10 bits per heavy atom. The first-order valence-corrected chi connectivity index (χ1v) is 14.3. The number of hydrogen-bond donors (Lipinski definition) is 0. The number of hydrogen-bond acceptors (Lipinski definition) is 2. The minimum atomic E-state index is 0.874. The first-order valence-electron chi connectivity index (χ1n) is 14.3. The molecule has 198 valence electrons. The Kier molecular flexibility index (Phi) is 5.82. The molecule has 0 atom stereocenters. The quantitative estimate of drug-likeness (QED) is 0.217. The van der Waals surface area contributed by atoms with E-state index < -0.39 is 0 Å². The molecule has 8 rings (SSSR count). The highest BCUT2D eigenvalue weighted by molar-refractivity contribution is 6.21. The lowest BCUT2D eigenvalue weighted by Crippen LogP contribution is -2.11. The highest BCUT2D eigenvalue weighted by Gasteiger charge is 2.22. The number of para-hydroxylation sites is 3. The van der Waals surface area contributed by atoms with Crippen molar-refractivity contribution in [3.63, 3.8) is 0 Å². The van der Waals surface area contributed by atoms with Crippen LogP contribution in [0.3, 0.4) is 0 Å². The molecule has 42 heavy (non-hydrogen) atoms. The van der Waals surface area contributed by atoms with Crippen molar-refractivity contribution in [2.45, 2.75) is 0 Å². The van der Waals surface area contributed by atoms with Crippen LogP contribution in [0.1, 0.15) is 0 Å². The van der Waals surface area contributed by atoms with Crippen LogP contribution in [-0.4, -0.2) is 0 Å². The zero-order chi connectivity index (χ0) is 27.9. The molecule has 0 bridgehead atoms. The first kappa shape index (κ1) is 24.2. The second-order valence-corrected chi connectivity index (χ2v) is 10.6. The summed E-state index contributed by atoms with van der Waals surface area (Å²) in [5.41, 5.74) is 9.71. The predicted molar refractivity (Wildman–Crippen MR) is 177 cm³/mol. The smallest absolute Gasteiger partial charge is 0.159 e. The van der Waals surface area contributed by atoms with Gasteiger partial charge >= 0.3 is 0 Å². The summed E-state index contributed by atoms with van der Waals surface area (Å²) < 4.78 is 6.73. The number of rotatable bonds is 5. The average Bonchev–Trinajstić information content (AvgIpc) is 3.46. The molecule has 0 saturated heterocycles. The molecule has 0 aliphatic rings. The summed E-state index contributed by atoms with van der Waals surface area (Å²) in [6.07, 6.45) is 0. The highest BCUT2D eigenvalue weighted by Crippen LogP contribution is 2.46. The second kappa shape index (κ2) is 10.1. The van der Waals surface area contributed by atoms with E-state index in [0.717, 1.165) is 44.6 Å². The van der Waals surface area contributed by atoms with Crippen molar-refractivity contribution < 1.29 is 4.42 Å². The molecule has 0 fully saturated rings. The van der Waals surface area contributed by atoms with Crippen LogP contribution in [0, 0.1) is 0 Å². The Morgan fingerprint density at radius 3 is 1.88 bits per heavy atom. The summed E-state index contributed by atoms with van der Waals surface area (Å²) in [7, 11) is 0. The van der Waals surface area contributed by atoms with Gasteiger partial charge in [0.1, 0.15) is 5.58 Å². The highest BCUT2D eigenvalue weighted by atomic mass is 16.3. The van der Waals surface area contributed by atoms with E-state index in [2.05, 4.69) is 169 Å². The molecule has 0 spiro atoms. The van der Waals surface area contributed by atoms with Crippen molar-refractivity contribution in [2.75, 3.05) is 4.90 Å². The molecule has 2 nitrogen and oxygen atoms in total. The van der Waals surface area contributed by atoms with Crippen LogP contribution in [0.2, 0.25) is 0 Å². The summed E-state index contributed by atoms with van der Waals surface area (Å²) >= 11 is 0. The third-order valence-corrected chi connectivity index (χ3v) is 8.05. The van der Waals surface area contributed by atoms with Gasteiger partial charge in [-0.3, -0.25) is 0 Å². The fraction of sp³-hybridized carbons (Fsp3) is 0. The summed E-state index contributed by atoms with van der Waals surface area (Å²) in [5, 5.41) is 4.65. The van der Waals surface area contributed by atoms with Gasteiger partial charge in [-0.1, -0.05) is 127 Å². The predicted octanol–water partition coefficient (Wildman–Crippen LogP) is 11.5. The van der Waals surface area contributed by atoms with E-state index in [-0.39, 0.29) is 0 Å². The number of benzene rings is 7. The van der Waals surface area contributed by atoms with E-state index in [0.29, 0.717) is 0 Å². The Balaban J connectivity index is 1.37. The maximum absolute atomic E-state index is 6.73. The molecule has 8 aromatic rings. The number of fused-ring (bicyclic) bond motifs is 5. The Hall–Kier alpha value is -5.60. The van der Waals surface area contributed by atoms with Crippen LogP contribution >= 0.6 is 0 Å². The molecular formula is C40H27NO. The molecular weight excluding hydrogens is 510 g/mol. The van der Waals surface area contributed by atoms with Gasteiger partial charge in [-0.2, -0.15) is 0 Å². The van der Waals surface area contributed by atoms with Crippen molar-refractivity contribution in [2.24, 2.45) is 0 Å².